The Labute approximate surface area is 268 Å². The van der Waals surface area contributed by atoms with Gasteiger partial charge in [-0.1, -0.05) is 76.2 Å². The van der Waals surface area contributed by atoms with Crippen molar-refractivity contribution in [3.63, 3.8) is 0 Å². The molecule has 4 rings (SSSR count). The second-order valence-corrected chi connectivity index (χ2v) is 12.1. The van der Waals surface area contributed by atoms with Gasteiger partial charge in [0.2, 0.25) is 5.91 Å². The summed E-state index contributed by atoms with van der Waals surface area (Å²) in [5, 5.41) is 4.13. The summed E-state index contributed by atoms with van der Waals surface area (Å²) in [7, 11) is 1.53. The van der Waals surface area contributed by atoms with Crippen LogP contribution in [0, 0.1) is 0 Å². The number of hydrogen-bond acceptors (Lipinski definition) is 3. The fourth-order valence-corrected chi connectivity index (χ4v) is 5.50. The number of aromatic amines is 1. The maximum atomic E-state index is 14.0. The highest BCUT2D eigenvalue weighted by atomic mass is 19.4. The standard InChI is InChI=1S/C36H43F3N4O3/c1-24(2)29-10-8-11-30(25(3)4)34(29)41-35(45)43(19-20-46-5)23-33(44)42(22-26-13-15-28(16-14-26)36(37,38)39)18-17-27-21-40-32-12-7-6-9-31(27)32/h6-16,21,24-25,40H,17-20,22-23H2,1-5H3,(H,41,45). The molecule has 0 bridgehead atoms. The molecule has 0 fully saturated rings. The Morgan fingerprint density at radius 3 is 2.13 bits per heavy atom. The van der Waals surface area contributed by atoms with Crippen LogP contribution >= 0.6 is 0 Å². The highest BCUT2D eigenvalue weighted by Gasteiger charge is 2.30. The van der Waals surface area contributed by atoms with Crippen molar-refractivity contribution in [2.24, 2.45) is 0 Å². The van der Waals surface area contributed by atoms with Gasteiger partial charge in [0.05, 0.1) is 12.2 Å². The summed E-state index contributed by atoms with van der Waals surface area (Å²) in [6.07, 6.45) is -2.04. The van der Waals surface area contributed by atoms with E-state index in [0.717, 1.165) is 45.4 Å². The number of hydrogen-bond donors (Lipinski definition) is 2. The van der Waals surface area contributed by atoms with Crippen molar-refractivity contribution in [3.8, 4) is 0 Å². The third-order valence-corrected chi connectivity index (χ3v) is 8.12. The van der Waals surface area contributed by atoms with Gasteiger partial charge in [0.1, 0.15) is 6.54 Å². The number of para-hydroxylation sites is 2. The summed E-state index contributed by atoms with van der Waals surface area (Å²) in [5.41, 5.74) is 4.54. The zero-order valence-corrected chi connectivity index (χ0v) is 27.1. The van der Waals surface area contributed by atoms with E-state index in [1.54, 1.807) is 4.90 Å². The molecule has 1 aromatic heterocycles. The molecule has 246 valence electrons. The van der Waals surface area contributed by atoms with Crippen molar-refractivity contribution >= 4 is 28.5 Å². The first kappa shape index (κ1) is 34.6. The minimum atomic E-state index is -4.46. The fourth-order valence-electron chi connectivity index (χ4n) is 5.50. The van der Waals surface area contributed by atoms with Crippen LogP contribution in [0.1, 0.15) is 67.3 Å². The van der Waals surface area contributed by atoms with Crippen LogP contribution in [-0.4, -0.2) is 60.1 Å². The average molecular weight is 637 g/mol. The molecule has 46 heavy (non-hydrogen) atoms. The number of urea groups is 1. The summed E-state index contributed by atoms with van der Waals surface area (Å²) in [6, 6.07) is 18.2. The summed E-state index contributed by atoms with van der Waals surface area (Å²) < 4.78 is 44.9. The number of halogens is 3. The monoisotopic (exact) mass is 636 g/mol. The molecule has 0 aliphatic carbocycles. The van der Waals surface area contributed by atoms with Crippen molar-refractivity contribution in [1.82, 2.24) is 14.8 Å². The van der Waals surface area contributed by atoms with Gasteiger partial charge in [-0.15, -0.1) is 0 Å². The van der Waals surface area contributed by atoms with Crippen molar-refractivity contribution in [1.29, 1.82) is 0 Å². The van der Waals surface area contributed by atoms with E-state index in [0.29, 0.717) is 18.5 Å². The molecular formula is C36H43F3N4O3. The Morgan fingerprint density at radius 1 is 0.870 bits per heavy atom. The zero-order valence-electron chi connectivity index (χ0n) is 27.1. The van der Waals surface area contributed by atoms with Crippen LogP contribution in [-0.2, 0) is 28.7 Å². The fraction of sp³-hybridized carbons (Fsp3) is 0.389. The number of nitrogens with one attached hydrogen (secondary N) is 2. The normalized spacial score (nSPS) is 11.8. The van der Waals surface area contributed by atoms with Crippen molar-refractivity contribution in [3.05, 3.63) is 101 Å². The molecule has 0 saturated carbocycles. The van der Waals surface area contributed by atoms with Gasteiger partial charge in [0.25, 0.3) is 0 Å². The van der Waals surface area contributed by atoms with Gasteiger partial charge in [0.15, 0.2) is 0 Å². The number of benzene rings is 3. The number of alkyl halides is 3. The number of aromatic nitrogens is 1. The van der Waals surface area contributed by atoms with Gasteiger partial charge in [-0.25, -0.2) is 4.79 Å². The van der Waals surface area contributed by atoms with Crippen LogP contribution < -0.4 is 5.32 Å². The maximum Gasteiger partial charge on any atom is 0.416 e. The van der Waals surface area contributed by atoms with E-state index in [1.165, 1.54) is 24.1 Å². The first-order valence-corrected chi connectivity index (χ1v) is 15.6. The van der Waals surface area contributed by atoms with E-state index in [1.807, 2.05) is 48.7 Å². The lowest BCUT2D eigenvalue weighted by atomic mass is 9.93. The van der Waals surface area contributed by atoms with Crippen LogP contribution in [0.15, 0.2) is 72.9 Å². The molecule has 0 aliphatic rings. The number of rotatable bonds is 13. The molecule has 0 saturated heterocycles. The summed E-state index contributed by atoms with van der Waals surface area (Å²) in [6.45, 7) is 8.81. The number of methoxy groups -OCH3 is 1. The molecule has 4 aromatic rings. The first-order valence-electron chi connectivity index (χ1n) is 15.6. The smallest absolute Gasteiger partial charge is 0.383 e. The van der Waals surface area contributed by atoms with Crippen LogP contribution in [0.25, 0.3) is 10.9 Å². The molecule has 3 amide bonds. The first-order chi connectivity index (χ1) is 21.9. The zero-order chi connectivity index (χ0) is 33.4. The van der Waals surface area contributed by atoms with E-state index < -0.39 is 17.8 Å². The topological polar surface area (TPSA) is 77.7 Å². The number of ether oxygens (including phenoxy) is 1. The van der Waals surface area contributed by atoms with Crippen molar-refractivity contribution < 1.29 is 27.5 Å². The minimum absolute atomic E-state index is 0.0900. The Balaban J connectivity index is 1.59. The molecule has 10 heteroatoms. The molecule has 0 unspecified atom stereocenters. The number of fused-ring (bicyclic) bond motifs is 1. The number of amides is 3. The lowest BCUT2D eigenvalue weighted by Gasteiger charge is -2.29. The lowest BCUT2D eigenvalue weighted by molar-refractivity contribution is -0.137. The van der Waals surface area contributed by atoms with E-state index in [4.69, 9.17) is 4.74 Å². The van der Waals surface area contributed by atoms with Gasteiger partial charge in [0, 0.05) is 49.5 Å². The molecule has 3 aromatic carbocycles. The highest BCUT2D eigenvalue weighted by Crippen LogP contribution is 2.33. The van der Waals surface area contributed by atoms with E-state index >= 15 is 0 Å². The van der Waals surface area contributed by atoms with Gasteiger partial charge < -0.3 is 24.8 Å². The molecule has 7 nitrogen and oxygen atoms in total. The molecular weight excluding hydrogens is 593 g/mol. The Bertz CT molecular complexity index is 1590. The number of nitrogens with zero attached hydrogens (tertiary/aromatic N) is 2. The molecule has 2 N–H and O–H groups in total. The summed E-state index contributed by atoms with van der Waals surface area (Å²) in [4.78, 5) is 34.0. The number of anilines is 1. The quantitative estimate of drug-likeness (QED) is 0.155. The van der Waals surface area contributed by atoms with E-state index in [9.17, 15) is 22.8 Å². The third kappa shape index (κ3) is 8.69. The van der Waals surface area contributed by atoms with E-state index in [2.05, 4.69) is 38.0 Å². The van der Waals surface area contributed by atoms with Gasteiger partial charge in [-0.05, 0) is 58.7 Å². The van der Waals surface area contributed by atoms with Crippen LogP contribution in [0.2, 0.25) is 0 Å². The van der Waals surface area contributed by atoms with Crippen LogP contribution in [0.3, 0.4) is 0 Å². The number of H-pyrrole nitrogens is 1. The largest absolute Gasteiger partial charge is 0.416 e. The number of carbonyl (C=O) groups excluding carboxylic acids is 2. The third-order valence-electron chi connectivity index (χ3n) is 8.12. The molecule has 1 heterocycles. The SMILES string of the molecule is COCCN(CC(=O)N(CCc1c[nH]c2ccccc12)Cc1ccc(C(F)(F)F)cc1)C(=O)Nc1c(C(C)C)cccc1C(C)C. The van der Waals surface area contributed by atoms with Gasteiger partial charge in [-0.3, -0.25) is 4.79 Å². The number of carbonyl (C=O) groups is 2. The van der Waals surface area contributed by atoms with Crippen molar-refractivity contribution in [2.75, 3.05) is 38.7 Å². The van der Waals surface area contributed by atoms with Crippen LogP contribution in [0.5, 0.6) is 0 Å². The average Bonchev–Trinajstić information content (AvgIpc) is 3.43. The Hall–Kier alpha value is -4.31. The lowest BCUT2D eigenvalue weighted by Crippen LogP contribution is -2.46. The second-order valence-electron chi connectivity index (χ2n) is 12.1. The minimum Gasteiger partial charge on any atom is -0.383 e. The molecule has 0 radical (unpaired) electrons. The van der Waals surface area contributed by atoms with Gasteiger partial charge in [-0.2, -0.15) is 13.2 Å². The Morgan fingerprint density at radius 2 is 1.52 bits per heavy atom. The second kappa shape index (κ2) is 15.3. The predicted octanol–water partition coefficient (Wildman–Crippen LogP) is 8.19. The van der Waals surface area contributed by atoms with Crippen molar-refractivity contribution in [2.45, 2.75) is 58.7 Å². The maximum absolute atomic E-state index is 14.0. The predicted molar refractivity (Wildman–Crippen MR) is 176 cm³/mol. The van der Waals surface area contributed by atoms with Gasteiger partial charge >= 0.3 is 12.2 Å². The highest BCUT2D eigenvalue weighted by molar-refractivity contribution is 5.94. The Kier molecular flexibility index (Phi) is 11.5. The molecule has 0 aliphatic heterocycles. The molecule has 0 spiro atoms. The van der Waals surface area contributed by atoms with Crippen LogP contribution in [0.4, 0.5) is 23.7 Å². The molecule has 0 atom stereocenters. The van der Waals surface area contributed by atoms with E-state index in [-0.39, 0.29) is 44.0 Å². The summed E-state index contributed by atoms with van der Waals surface area (Å²) in [5.74, 6) is -0.00851. The summed E-state index contributed by atoms with van der Waals surface area (Å²) >= 11 is 0.